The van der Waals surface area contributed by atoms with Crippen molar-refractivity contribution in [2.24, 2.45) is 0 Å². The molecule has 0 heterocycles. The molecule has 2 rings (SSSR count). The molecule has 2 aromatic carbocycles. The Morgan fingerprint density at radius 2 is 1.26 bits per heavy atom. The van der Waals surface area contributed by atoms with E-state index in [-0.39, 0.29) is 30.0 Å². The second-order valence-corrected chi connectivity index (χ2v) is 6.71. The molecule has 3 heteroatoms. The average molecular weight is 310 g/mol. The standard InChI is InChI=1S/C20H22O3/c1-20(2,3)17-10-8-16(9-11-17)19(23)12-18(22)15-6-4-14(13-21)5-7-15/h4-11,21H,12-13H2,1-3H3. The summed E-state index contributed by atoms with van der Waals surface area (Å²) in [6.07, 6.45) is -0.145. The van der Waals surface area contributed by atoms with E-state index in [0.717, 1.165) is 11.1 Å². The summed E-state index contributed by atoms with van der Waals surface area (Å²) < 4.78 is 0. The third-order valence-corrected chi connectivity index (χ3v) is 3.85. The molecule has 0 unspecified atom stereocenters. The smallest absolute Gasteiger partial charge is 0.170 e. The SMILES string of the molecule is CC(C)(C)c1ccc(C(=O)CC(=O)c2ccc(CO)cc2)cc1. The van der Waals surface area contributed by atoms with Crippen LogP contribution in [0, 0.1) is 0 Å². The quantitative estimate of drug-likeness (QED) is 0.672. The lowest BCUT2D eigenvalue weighted by Gasteiger charge is -2.18. The van der Waals surface area contributed by atoms with Gasteiger partial charge in [0.25, 0.3) is 0 Å². The highest BCUT2D eigenvalue weighted by Gasteiger charge is 2.16. The molecule has 0 saturated carbocycles. The molecule has 0 fully saturated rings. The van der Waals surface area contributed by atoms with Crippen LogP contribution in [-0.2, 0) is 12.0 Å². The van der Waals surface area contributed by atoms with Crippen molar-refractivity contribution >= 4 is 11.6 Å². The predicted molar refractivity (Wildman–Crippen MR) is 90.8 cm³/mol. The van der Waals surface area contributed by atoms with Gasteiger partial charge in [0.15, 0.2) is 11.6 Å². The number of aliphatic hydroxyl groups is 1. The highest BCUT2D eigenvalue weighted by atomic mass is 16.3. The van der Waals surface area contributed by atoms with Gasteiger partial charge in [0.2, 0.25) is 0 Å². The zero-order valence-corrected chi connectivity index (χ0v) is 13.8. The van der Waals surface area contributed by atoms with Crippen molar-refractivity contribution < 1.29 is 14.7 Å². The zero-order valence-electron chi connectivity index (χ0n) is 13.8. The van der Waals surface area contributed by atoms with Gasteiger partial charge in [-0.3, -0.25) is 9.59 Å². The van der Waals surface area contributed by atoms with Gasteiger partial charge in [-0.25, -0.2) is 0 Å². The summed E-state index contributed by atoms with van der Waals surface area (Å²) in [6.45, 7) is 6.28. The number of rotatable bonds is 5. The predicted octanol–water partition coefficient (Wildman–Crippen LogP) is 3.93. The first-order valence-electron chi connectivity index (χ1n) is 7.68. The lowest BCUT2D eigenvalue weighted by molar-refractivity contribution is 0.0894. The van der Waals surface area contributed by atoms with Crippen molar-refractivity contribution in [1.82, 2.24) is 0 Å². The van der Waals surface area contributed by atoms with Gasteiger partial charge in [0.05, 0.1) is 13.0 Å². The summed E-state index contributed by atoms with van der Waals surface area (Å²) in [4.78, 5) is 24.4. The van der Waals surface area contributed by atoms with Crippen LogP contribution in [0.15, 0.2) is 48.5 Å². The van der Waals surface area contributed by atoms with Crippen LogP contribution in [0.1, 0.15) is 59.0 Å². The molecule has 0 aliphatic rings. The Labute approximate surface area is 137 Å². The van der Waals surface area contributed by atoms with Crippen LogP contribution in [0.2, 0.25) is 0 Å². The molecule has 0 aliphatic heterocycles. The maximum Gasteiger partial charge on any atom is 0.170 e. The molecule has 0 bridgehead atoms. The molecule has 2 aromatic rings. The van der Waals surface area contributed by atoms with E-state index in [1.165, 1.54) is 0 Å². The molecular formula is C20H22O3. The highest BCUT2D eigenvalue weighted by molar-refractivity contribution is 6.13. The summed E-state index contributed by atoms with van der Waals surface area (Å²) in [5, 5.41) is 9.00. The van der Waals surface area contributed by atoms with E-state index in [0.29, 0.717) is 11.1 Å². The van der Waals surface area contributed by atoms with Crippen LogP contribution in [-0.4, -0.2) is 16.7 Å². The third-order valence-electron chi connectivity index (χ3n) is 3.85. The van der Waals surface area contributed by atoms with Gasteiger partial charge in [-0.2, -0.15) is 0 Å². The molecule has 0 spiro atoms. The number of carbonyl (C=O) groups is 2. The van der Waals surface area contributed by atoms with Crippen LogP contribution in [0.4, 0.5) is 0 Å². The molecule has 0 radical (unpaired) electrons. The minimum atomic E-state index is -0.209. The Balaban J connectivity index is 2.07. The fourth-order valence-electron chi connectivity index (χ4n) is 2.30. The first kappa shape index (κ1) is 17.1. The largest absolute Gasteiger partial charge is 0.392 e. The lowest BCUT2D eigenvalue weighted by Crippen LogP contribution is -2.12. The maximum atomic E-state index is 12.3. The first-order chi connectivity index (χ1) is 10.8. The second kappa shape index (κ2) is 6.88. The Morgan fingerprint density at radius 1 is 0.826 bits per heavy atom. The number of aliphatic hydroxyl groups excluding tert-OH is 1. The van der Waals surface area contributed by atoms with E-state index < -0.39 is 0 Å². The Hall–Kier alpha value is -2.26. The molecule has 0 amide bonds. The third kappa shape index (κ3) is 4.36. The monoisotopic (exact) mass is 310 g/mol. The molecule has 0 aliphatic carbocycles. The number of hydrogen-bond acceptors (Lipinski definition) is 3. The summed E-state index contributed by atoms with van der Waals surface area (Å²) in [7, 11) is 0. The Bertz CT molecular complexity index is 689. The molecule has 0 saturated heterocycles. The van der Waals surface area contributed by atoms with Crippen molar-refractivity contribution in [1.29, 1.82) is 0 Å². The molecular weight excluding hydrogens is 288 g/mol. The summed E-state index contributed by atoms with van der Waals surface area (Å²) >= 11 is 0. The van der Waals surface area contributed by atoms with E-state index in [4.69, 9.17) is 5.11 Å². The summed E-state index contributed by atoms with van der Waals surface area (Å²) in [6, 6.07) is 14.1. The van der Waals surface area contributed by atoms with Crippen molar-refractivity contribution in [2.75, 3.05) is 0 Å². The molecule has 0 atom stereocenters. The van der Waals surface area contributed by atoms with Crippen LogP contribution in [0.25, 0.3) is 0 Å². The topological polar surface area (TPSA) is 54.4 Å². The van der Waals surface area contributed by atoms with Gasteiger partial charge < -0.3 is 5.11 Å². The van der Waals surface area contributed by atoms with Crippen LogP contribution in [0.3, 0.4) is 0 Å². The van der Waals surface area contributed by atoms with E-state index in [1.807, 2.05) is 12.1 Å². The summed E-state index contributed by atoms with van der Waals surface area (Å²) in [5.41, 5.74) is 2.97. The first-order valence-corrected chi connectivity index (χ1v) is 7.68. The van der Waals surface area contributed by atoms with Gasteiger partial charge in [0, 0.05) is 11.1 Å². The molecule has 3 nitrogen and oxygen atoms in total. The fourth-order valence-corrected chi connectivity index (χ4v) is 2.30. The minimum Gasteiger partial charge on any atom is -0.392 e. The second-order valence-electron chi connectivity index (χ2n) is 6.71. The highest BCUT2D eigenvalue weighted by Crippen LogP contribution is 2.22. The molecule has 23 heavy (non-hydrogen) atoms. The average Bonchev–Trinajstić information content (AvgIpc) is 2.54. The number of carbonyl (C=O) groups excluding carboxylic acids is 2. The van der Waals surface area contributed by atoms with E-state index >= 15 is 0 Å². The van der Waals surface area contributed by atoms with E-state index in [1.54, 1.807) is 36.4 Å². The maximum absolute atomic E-state index is 12.3. The van der Waals surface area contributed by atoms with Gasteiger partial charge in [-0.1, -0.05) is 69.3 Å². The van der Waals surface area contributed by atoms with Crippen LogP contribution in [0.5, 0.6) is 0 Å². The van der Waals surface area contributed by atoms with Gasteiger partial charge >= 0.3 is 0 Å². The Kier molecular flexibility index (Phi) is 5.12. The van der Waals surface area contributed by atoms with Crippen molar-refractivity contribution in [3.63, 3.8) is 0 Å². The fraction of sp³-hybridized carbons (Fsp3) is 0.300. The summed E-state index contributed by atoms with van der Waals surface area (Å²) in [5.74, 6) is -0.388. The minimum absolute atomic E-state index is 0.0336. The molecule has 1 N–H and O–H groups in total. The van der Waals surface area contributed by atoms with Gasteiger partial charge in [0.1, 0.15) is 0 Å². The van der Waals surface area contributed by atoms with Crippen molar-refractivity contribution in [2.45, 2.75) is 39.2 Å². The van der Waals surface area contributed by atoms with Crippen LogP contribution < -0.4 is 0 Å². The Morgan fingerprint density at radius 3 is 1.65 bits per heavy atom. The van der Waals surface area contributed by atoms with E-state index in [9.17, 15) is 9.59 Å². The van der Waals surface area contributed by atoms with Gasteiger partial charge in [-0.15, -0.1) is 0 Å². The lowest BCUT2D eigenvalue weighted by atomic mass is 9.86. The van der Waals surface area contributed by atoms with Crippen molar-refractivity contribution in [3.8, 4) is 0 Å². The normalized spacial score (nSPS) is 11.3. The van der Waals surface area contributed by atoms with Crippen molar-refractivity contribution in [3.05, 3.63) is 70.8 Å². The number of benzene rings is 2. The number of ketones is 2. The molecule has 0 aromatic heterocycles. The van der Waals surface area contributed by atoms with E-state index in [2.05, 4.69) is 20.8 Å². The zero-order chi connectivity index (χ0) is 17.0. The number of hydrogen-bond donors (Lipinski definition) is 1. The number of Topliss-reactive ketones (excluding diaryl/α,β-unsaturated/α-hetero) is 2. The molecule has 120 valence electrons. The van der Waals surface area contributed by atoms with Crippen LogP contribution >= 0.6 is 0 Å². The van der Waals surface area contributed by atoms with Gasteiger partial charge in [-0.05, 0) is 16.5 Å².